The molecule has 1 amide bonds. The lowest BCUT2D eigenvalue weighted by Crippen LogP contribution is -2.32. The molecule has 1 aliphatic rings. The van der Waals surface area contributed by atoms with Crippen molar-refractivity contribution in [2.75, 3.05) is 18.6 Å². The fraction of sp³-hybridized carbons (Fsp3) is 0.364. The number of hydrogen-bond donors (Lipinski definition) is 1. The molecule has 1 aromatic heterocycles. The molecule has 0 saturated carbocycles. The average molecular weight is 299 g/mol. The van der Waals surface area contributed by atoms with Crippen molar-refractivity contribution in [3.8, 4) is 0 Å². The molecule has 108 valence electrons. The number of nitrogens with zero attached hydrogens (tertiary/aromatic N) is 2. The van der Waals surface area contributed by atoms with Crippen LogP contribution in [0, 0.1) is 0 Å². The SMILES string of the molecule is COC(=O)c1cc(N2CC(S(N)(=O)=O)CC2=O)ccn1. The van der Waals surface area contributed by atoms with Gasteiger partial charge in [-0.05, 0) is 12.1 Å². The molecular formula is C11H13N3O5S. The molecule has 1 unspecified atom stereocenters. The number of primary sulfonamides is 1. The third-order valence-corrected chi connectivity index (χ3v) is 4.25. The van der Waals surface area contributed by atoms with E-state index in [4.69, 9.17) is 5.14 Å². The van der Waals surface area contributed by atoms with Gasteiger partial charge in [0.1, 0.15) is 10.9 Å². The number of sulfonamides is 1. The van der Waals surface area contributed by atoms with E-state index in [9.17, 15) is 18.0 Å². The maximum Gasteiger partial charge on any atom is 0.356 e. The van der Waals surface area contributed by atoms with E-state index in [0.717, 1.165) is 0 Å². The van der Waals surface area contributed by atoms with Gasteiger partial charge in [0.2, 0.25) is 15.9 Å². The smallest absolute Gasteiger partial charge is 0.356 e. The molecule has 0 aromatic carbocycles. The molecule has 2 heterocycles. The Morgan fingerprint density at radius 3 is 2.80 bits per heavy atom. The highest BCUT2D eigenvalue weighted by atomic mass is 32.2. The molecule has 0 spiro atoms. The molecule has 1 saturated heterocycles. The highest BCUT2D eigenvalue weighted by Crippen LogP contribution is 2.24. The number of esters is 1. The number of nitrogens with two attached hydrogens (primary N) is 1. The predicted molar refractivity (Wildman–Crippen MR) is 69.4 cm³/mol. The first-order chi connectivity index (χ1) is 9.32. The van der Waals surface area contributed by atoms with E-state index >= 15 is 0 Å². The zero-order valence-electron chi connectivity index (χ0n) is 10.6. The molecular weight excluding hydrogens is 286 g/mol. The van der Waals surface area contributed by atoms with Gasteiger partial charge in [-0.25, -0.2) is 23.3 Å². The van der Waals surface area contributed by atoms with Crippen LogP contribution in [-0.4, -0.2) is 44.2 Å². The number of amides is 1. The Bertz CT molecular complexity index is 658. The van der Waals surface area contributed by atoms with Crippen molar-refractivity contribution in [2.24, 2.45) is 5.14 Å². The van der Waals surface area contributed by atoms with E-state index < -0.39 is 21.2 Å². The summed E-state index contributed by atoms with van der Waals surface area (Å²) in [6.45, 7) is -0.0394. The number of carbonyl (C=O) groups excluding carboxylic acids is 2. The second-order valence-corrected chi connectivity index (χ2v) is 6.16. The maximum atomic E-state index is 11.9. The number of anilines is 1. The van der Waals surface area contributed by atoms with Gasteiger partial charge in [-0.15, -0.1) is 0 Å². The largest absolute Gasteiger partial charge is 0.464 e. The highest BCUT2D eigenvalue weighted by Gasteiger charge is 2.37. The summed E-state index contributed by atoms with van der Waals surface area (Å²) in [7, 11) is -2.56. The quantitative estimate of drug-likeness (QED) is 0.734. The average Bonchev–Trinajstić information content (AvgIpc) is 2.80. The van der Waals surface area contributed by atoms with E-state index in [0.29, 0.717) is 5.69 Å². The van der Waals surface area contributed by atoms with Crippen LogP contribution in [-0.2, 0) is 19.6 Å². The molecule has 9 heteroatoms. The first-order valence-electron chi connectivity index (χ1n) is 5.69. The topological polar surface area (TPSA) is 120 Å². The van der Waals surface area contributed by atoms with Crippen molar-refractivity contribution >= 4 is 27.6 Å². The monoisotopic (exact) mass is 299 g/mol. The van der Waals surface area contributed by atoms with Crippen LogP contribution in [0.1, 0.15) is 16.9 Å². The zero-order chi connectivity index (χ0) is 14.9. The van der Waals surface area contributed by atoms with Crippen molar-refractivity contribution in [3.05, 3.63) is 24.0 Å². The first-order valence-corrected chi connectivity index (χ1v) is 7.30. The van der Waals surface area contributed by atoms with Crippen LogP contribution in [0.25, 0.3) is 0 Å². The molecule has 0 aliphatic carbocycles. The summed E-state index contributed by atoms with van der Waals surface area (Å²) < 4.78 is 27.1. The molecule has 1 aliphatic heterocycles. The van der Waals surface area contributed by atoms with E-state index in [1.807, 2.05) is 0 Å². The van der Waals surface area contributed by atoms with Crippen molar-refractivity contribution in [2.45, 2.75) is 11.7 Å². The van der Waals surface area contributed by atoms with Gasteiger partial charge in [0.15, 0.2) is 0 Å². The van der Waals surface area contributed by atoms with Crippen molar-refractivity contribution in [3.63, 3.8) is 0 Å². The number of carbonyl (C=O) groups is 2. The van der Waals surface area contributed by atoms with Gasteiger partial charge in [0, 0.05) is 24.8 Å². The summed E-state index contributed by atoms with van der Waals surface area (Å²) in [6, 6.07) is 2.88. The lowest BCUT2D eigenvalue weighted by atomic mass is 10.3. The van der Waals surface area contributed by atoms with Crippen molar-refractivity contribution in [1.29, 1.82) is 0 Å². The first kappa shape index (κ1) is 14.4. The Balaban J connectivity index is 2.29. The number of aromatic nitrogens is 1. The summed E-state index contributed by atoms with van der Waals surface area (Å²) in [4.78, 5) is 28.3. The lowest BCUT2D eigenvalue weighted by molar-refractivity contribution is -0.117. The standard InChI is InChI=1S/C11H13N3O5S/c1-19-11(16)9-4-7(2-3-13-9)14-6-8(5-10(14)15)20(12,17)18/h2-4,8H,5-6H2,1H3,(H2,12,17,18). The molecule has 1 atom stereocenters. The van der Waals surface area contributed by atoms with E-state index in [2.05, 4.69) is 9.72 Å². The van der Waals surface area contributed by atoms with Gasteiger partial charge >= 0.3 is 5.97 Å². The second kappa shape index (κ2) is 5.17. The molecule has 1 fully saturated rings. The number of rotatable bonds is 3. The van der Waals surface area contributed by atoms with Crippen LogP contribution >= 0.6 is 0 Å². The Hall–Kier alpha value is -2.00. The van der Waals surface area contributed by atoms with Gasteiger partial charge < -0.3 is 9.64 Å². The molecule has 2 rings (SSSR count). The predicted octanol–water partition coefficient (Wildman–Crippen LogP) is -0.738. The van der Waals surface area contributed by atoms with Crippen LogP contribution in [0.3, 0.4) is 0 Å². The van der Waals surface area contributed by atoms with E-state index in [1.165, 1.54) is 30.3 Å². The second-order valence-electron chi connectivity index (χ2n) is 4.31. The van der Waals surface area contributed by atoms with Crippen LogP contribution in [0.15, 0.2) is 18.3 Å². The minimum absolute atomic E-state index is 0.0388. The van der Waals surface area contributed by atoms with Gasteiger partial charge in [-0.3, -0.25) is 4.79 Å². The fourth-order valence-corrected chi connectivity index (χ4v) is 2.68. The van der Waals surface area contributed by atoms with Gasteiger partial charge in [-0.2, -0.15) is 0 Å². The van der Waals surface area contributed by atoms with Crippen molar-refractivity contribution < 1.29 is 22.7 Å². The summed E-state index contributed by atoms with van der Waals surface area (Å²) in [5, 5.41) is 4.11. The van der Waals surface area contributed by atoms with Crippen molar-refractivity contribution in [1.82, 2.24) is 4.98 Å². The zero-order valence-corrected chi connectivity index (χ0v) is 11.5. The summed E-state index contributed by atoms with van der Waals surface area (Å²) in [6.07, 6.45) is 1.17. The van der Waals surface area contributed by atoms with Crippen LogP contribution < -0.4 is 10.0 Å². The Morgan fingerprint density at radius 2 is 2.25 bits per heavy atom. The lowest BCUT2D eigenvalue weighted by Gasteiger charge is -2.16. The number of methoxy groups -OCH3 is 1. The van der Waals surface area contributed by atoms with Gasteiger partial charge in [0.25, 0.3) is 0 Å². The van der Waals surface area contributed by atoms with Crippen LogP contribution in [0.4, 0.5) is 5.69 Å². The minimum Gasteiger partial charge on any atom is -0.464 e. The molecule has 1 aromatic rings. The van der Waals surface area contributed by atoms with Crippen LogP contribution in [0.5, 0.6) is 0 Å². The Morgan fingerprint density at radius 1 is 1.55 bits per heavy atom. The molecule has 8 nitrogen and oxygen atoms in total. The normalized spacial score (nSPS) is 19.2. The van der Waals surface area contributed by atoms with E-state index in [-0.39, 0.29) is 24.6 Å². The molecule has 0 radical (unpaired) electrons. The Kier molecular flexibility index (Phi) is 3.73. The van der Waals surface area contributed by atoms with Gasteiger partial charge in [-0.1, -0.05) is 0 Å². The Labute approximate surface area is 115 Å². The molecule has 20 heavy (non-hydrogen) atoms. The summed E-state index contributed by atoms with van der Waals surface area (Å²) in [5.41, 5.74) is 0.424. The number of pyridine rings is 1. The minimum atomic E-state index is -3.78. The third kappa shape index (κ3) is 2.78. The number of hydrogen-bond acceptors (Lipinski definition) is 6. The fourth-order valence-electron chi connectivity index (χ4n) is 1.95. The molecule has 0 bridgehead atoms. The number of ether oxygens (including phenoxy) is 1. The van der Waals surface area contributed by atoms with Crippen LogP contribution in [0.2, 0.25) is 0 Å². The third-order valence-electron chi connectivity index (χ3n) is 3.00. The summed E-state index contributed by atoms with van der Waals surface area (Å²) in [5.74, 6) is -1.01. The maximum absolute atomic E-state index is 11.9. The van der Waals surface area contributed by atoms with Gasteiger partial charge in [0.05, 0.1) is 7.11 Å². The highest BCUT2D eigenvalue weighted by molar-refractivity contribution is 7.89. The summed E-state index contributed by atoms with van der Waals surface area (Å²) >= 11 is 0. The molecule has 2 N–H and O–H groups in total. The van der Waals surface area contributed by atoms with E-state index in [1.54, 1.807) is 0 Å².